The van der Waals surface area contributed by atoms with E-state index in [-0.39, 0.29) is 17.6 Å². The molecule has 0 bridgehead atoms. The number of nitrogens with zero attached hydrogens (tertiary/aromatic N) is 1. The summed E-state index contributed by atoms with van der Waals surface area (Å²) in [7, 11) is -3.15. The zero-order valence-electron chi connectivity index (χ0n) is 12.1. The number of amides is 1. The van der Waals surface area contributed by atoms with Gasteiger partial charge in [0.15, 0.2) is 0 Å². The summed E-state index contributed by atoms with van der Waals surface area (Å²) in [5, 5.41) is 2.82. The number of benzene rings is 1. The third-order valence-electron chi connectivity index (χ3n) is 3.80. The van der Waals surface area contributed by atoms with Crippen LogP contribution in [0.3, 0.4) is 0 Å². The Labute approximate surface area is 125 Å². The van der Waals surface area contributed by atoms with Crippen molar-refractivity contribution in [2.75, 3.05) is 29.9 Å². The lowest BCUT2D eigenvalue weighted by molar-refractivity contribution is -0.120. The number of carbonyl (C=O) groups excluding carboxylic acids is 1. The minimum absolute atomic E-state index is 0.0959. The maximum atomic E-state index is 12.2. The van der Waals surface area contributed by atoms with Gasteiger partial charge in [0.05, 0.1) is 17.1 Å². The molecule has 3 N–H and O–H groups in total. The molecule has 0 spiro atoms. The summed E-state index contributed by atoms with van der Waals surface area (Å²) >= 11 is 0. The van der Waals surface area contributed by atoms with E-state index in [1.54, 1.807) is 25.1 Å². The van der Waals surface area contributed by atoms with E-state index in [0.717, 1.165) is 0 Å². The second kappa shape index (κ2) is 6.44. The first-order valence-electron chi connectivity index (χ1n) is 7.07. The van der Waals surface area contributed by atoms with E-state index in [4.69, 9.17) is 5.73 Å². The topological polar surface area (TPSA) is 92.5 Å². The molecule has 1 aromatic rings. The van der Waals surface area contributed by atoms with Crippen LogP contribution in [0.1, 0.15) is 19.8 Å². The quantitative estimate of drug-likeness (QED) is 0.819. The first kappa shape index (κ1) is 15.8. The fourth-order valence-corrected chi connectivity index (χ4v) is 3.56. The van der Waals surface area contributed by atoms with E-state index in [1.165, 1.54) is 4.31 Å². The zero-order valence-corrected chi connectivity index (χ0v) is 12.9. The molecule has 6 nitrogen and oxygen atoms in total. The van der Waals surface area contributed by atoms with E-state index >= 15 is 0 Å². The summed E-state index contributed by atoms with van der Waals surface area (Å²) in [4.78, 5) is 12.2. The predicted molar refractivity (Wildman–Crippen MR) is 83.2 cm³/mol. The summed E-state index contributed by atoms with van der Waals surface area (Å²) in [5.41, 5.74) is 6.92. The van der Waals surface area contributed by atoms with Crippen LogP contribution in [0.4, 0.5) is 11.4 Å². The molecule has 0 atom stereocenters. The first-order valence-corrected chi connectivity index (χ1v) is 8.68. The van der Waals surface area contributed by atoms with Gasteiger partial charge < -0.3 is 11.1 Å². The Balaban J connectivity index is 1.94. The van der Waals surface area contributed by atoms with Gasteiger partial charge in [0.25, 0.3) is 0 Å². The molecular weight excluding hydrogens is 290 g/mol. The van der Waals surface area contributed by atoms with Crippen molar-refractivity contribution in [3.05, 3.63) is 24.3 Å². The third kappa shape index (κ3) is 3.74. The lowest BCUT2D eigenvalue weighted by Gasteiger charge is -2.30. The van der Waals surface area contributed by atoms with Crippen LogP contribution in [0.5, 0.6) is 0 Å². The molecule has 1 amide bonds. The van der Waals surface area contributed by atoms with Crippen LogP contribution >= 0.6 is 0 Å². The average molecular weight is 311 g/mol. The molecule has 0 aromatic heterocycles. The van der Waals surface area contributed by atoms with Crippen molar-refractivity contribution in [2.24, 2.45) is 5.92 Å². The molecule has 116 valence electrons. The lowest BCUT2D eigenvalue weighted by atomic mass is 9.97. The lowest BCUT2D eigenvalue weighted by Crippen LogP contribution is -2.42. The largest absolute Gasteiger partial charge is 0.397 e. The van der Waals surface area contributed by atoms with Crippen molar-refractivity contribution in [3.8, 4) is 0 Å². The van der Waals surface area contributed by atoms with Gasteiger partial charge in [-0.15, -0.1) is 0 Å². The monoisotopic (exact) mass is 311 g/mol. The minimum Gasteiger partial charge on any atom is -0.397 e. The van der Waals surface area contributed by atoms with Crippen molar-refractivity contribution in [1.29, 1.82) is 0 Å². The number of nitrogen functional groups attached to an aromatic ring is 1. The molecule has 1 heterocycles. The smallest absolute Gasteiger partial charge is 0.227 e. The second-order valence-corrected chi connectivity index (χ2v) is 7.41. The summed E-state index contributed by atoms with van der Waals surface area (Å²) < 4.78 is 25.0. The van der Waals surface area contributed by atoms with Crippen molar-refractivity contribution in [1.82, 2.24) is 4.31 Å². The Morgan fingerprint density at radius 2 is 1.95 bits per heavy atom. The molecule has 7 heteroatoms. The second-order valence-electron chi connectivity index (χ2n) is 5.15. The summed E-state index contributed by atoms with van der Waals surface area (Å²) in [6.07, 6.45) is 1.08. The molecular formula is C14H21N3O3S. The number of rotatable bonds is 4. The van der Waals surface area contributed by atoms with Gasteiger partial charge in [0.2, 0.25) is 15.9 Å². The number of sulfonamides is 1. The predicted octanol–water partition coefficient (Wildman–Crippen LogP) is 1.27. The number of hydrogen-bond acceptors (Lipinski definition) is 4. The summed E-state index contributed by atoms with van der Waals surface area (Å²) in [6, 6.07) is 7.09. The zero-order chi connectivity index (χ0) is 15.5. The standard InChI is InChI=1S/C14H21N3O3S/c1-2-21(19,20)17-9-7-11(8-10-17)14(18)16-13-6-4-3-5-12(13)15/h3-6,11H,2,7-10,15H2,1H3,(H,16,18). The molecule has 1 aliphatic rings. The van der Waals surface area contributed by atoms with Crippen molar-refractivity contribution < 1.29 is 13.2 Å². The number of carbonyl (C=O) groups is 1. The highest BCUT2D eigenvalue weighted by Crippen LogP contribution is 2.23. The van der Waals surface area contributed by atoms with E-state index in [0.29, 0.717) is 37.3 Å². The van der Waals surface area contributed by atoms with E-state index in [2.05, 4.69) is 5.32 Å². The van der Waals surface area contributed by atoms with Gasteiger partial charge in [-0.1, -0.05) is 12.1 Å². The van der Waals surface area contributed by atoms with Crippen LogP contribution in [-0.2, 0) is 14.8 Å². The molecule has 0 aliphatic carbocycles. The number of nitrogens with two attached hydrogens (primary N) is 1. The van der Waals surface area contributed by atoms with E-state index in [9.17, 15) is 13.2 Å². The van der Waals surface area contributed by atoms with Gasteiger partial charge in [0.1, 0.15) is 0 Å². The molecule has 0 radical (unpaired) electrons. The first-order chi connectivity index (χ1) is 9.94. The molecule has 0 unspecified atom stereocenters. The highest BCUT2D eigenvalue weighted by Gasteiger charge is 2.30. The van der Waals surface area contributed by atoms with Gasteiger partial charge in [-0.2, -0.15) is 0 Å². The number of nitrogens with one attached hydrogen (secondary N) is 1. The summed E-state index contributed by atoms with van der Waals surface area (Å²) in [6.45, 7) is 2.43. The van der Waals surface area contributed by atoms with Gasteiger partial charge in [-0.3, -0.25) is 4.79 Å². The van der Waals surface area contributed by atoms with Gasteiger partial charge >= 0.3 is 0 Å². The Kier molecular flexibility index (Phi) is 4.84. The van der Waals surface area contributed by atoms with Crippen molar-refractivity contribution in [3.63, 3.8) is 0 Å². The Bertz CT molecular complexity index is 608. The average Bonchev–Trinajstić information content (AvgIpc) is 2.49. The molecule has 0 saturated carbocycles. The van der Waals surface area contributed by atoms with Gasteiger partial charge in [-0.05, 0) is 31.9 Å². The molecule has 1 fully saturated rings. The van der Waals surface area contributed by atoms with E-state index < -0.39 is 10.0 Å². The third-order valence-corrected chi connectivity index (χ3v) is 5.68. The SMILES string of the molecule is CCS(=O)(=O)N1CCC(C(=O)Nc2ccccc2N)CC1. The maximum Gasteiger partial charge on any atom is 0.227 e. The van der Waals surface area contributed by atoms with Gasteiger partial charge in [0, 0.05) is 19.0 Å². The van der Waals surface area contributed by atoms with Gasteiger partial charge in [-0.25, -0.2) is 12.7 Å². The van der Waals surface area contributed by atoms with Crippen LogP contribution in [0.25, 0.3) is 0 Å². The van der Waals surface area contributed by atoms with Crippen molar-refractivity contribution >= 4 is 27.3 Å². The normalized spacial score (nSPS) is 17.6. The summed E-state index contributed by atoms with van der Waals surface area (Å²) in [5.74, 6) is -0.168. The molecule has 21 heavy (non-hydrogen) atoms. The Morgan fingerprint density at radius 3 is 2.52 bits per heavy atom. The minimum atomic E-state index is -3.15. The van der Waals surface area contributed by atoms with Crippen LogP contribution in [0.2, 0.25) is 0 Å². The molecule has 2 rings (SSSR count). The number of hydrogen-bond donors (Lipinski definition) is 2. The molecule has 1 aromatic carbocycles. The fraction of sp³-hybridized carbons (Fsp3) is 0.500. The van der Waals surface area contributed by atoms with Crippen LogP contribution in [0.15, 0.2) is 24.3 Å². The van der Waals surface area contributed by atoms with Crippen molar-refractivity contribution in [2.45, 2.75) is 19.8 Å². The Morgan fingerprint density at radius 1 is 1.33 bits per heavy atom. The number of anilines is 2. The number of para-hydroxylation sites is 2. The fourth-order valence-electron chi connectivity index (χ4n) is 2.42. The number of piperidine rings is 1. The van der Waals surface area contributed by atoms with Crippen LogP contribution < -0.4 is 11.1 Å². The van der Waals surface area contributed by atoms with Crippen LogP contribution in [0, 0.1) is 5.92 Å². The van der Waals surface area contributed by atoms with E-state index in [1.807, 2.05) is 6.07 Å². The Hall–Kier alpha value is -1.60. The highest BCUT2D eigenvalue weighted by molar-refractivity contribution is 7.89. The molecule has 1 saturated heterocycles. The maximum absolute atomic E-state index is 12.2. The highest BCUT2D eigenvalue weighted by atomic mass is 32.2. The molecule has 1 aliphatic heterocycles. The van der Waals surface area contributed by atoms with Crippen LogP contribution in [-0.4, -0.2) is 37.5 Å².